The maximum Gasteiger partial charge on any atom is 0.271 e. The van der Waals surface area contributed by atoms with E-state index < -0.39 is 5.91 Å². The molecule has 0 atom stereocenters. The lowest BCUT2D eigenvalue weighted by molar-refractivity contribution is -0.138. The number of nitrogens with zero attached hydrogens (tertiary/aromatic N) is 4. The van der Waals surface area contributed by atoms with Crippen LogP contribution in [-0.4, -0.2) is 33.5 Å². The number of amides is 2. The third-order valence-corrected chi connectivity index (χ3v) is 8.55. The van der Waals surface area contributed by atoms with Crippen molar-refractivity contribution in [3.05, 3.63) is 64.5 Å². The van der Waals surface area contributed by atoms with E-state index in [9.17, 15) is 14.9 Å². The summed E-state index contributed by atoms with van der Waals surface area (Å²) in [5.41, 5.74) is 3.88. The molecule has 34 heavy (non-hydrogen) atoms. The minimum atomic E-state index is -0.538. The Balaban J connectivity index is 1.53. The number of imide groups is 1. The second-order valence-corrected chi connectivity index (χ2v) is 10.8. The molecule has 1 aromatic heterocycles. The highest BCUT2D eigenvalue weighted by atomic mass is 16.2. The summed E-state index contributed by atoms with van der Waals surface area (Å²) in [4.78, 5) is 26.6. The van der Waals surface area contributed by atoms with Crippen LogP contribution in [0.25, 0.3) is 11.8 Å². The lowest BCUT2D eigenvalue weighted by Gasteiger charge is -2.56. The van der Waals surface area contributed by atoms with Crippen LogP contribution < -0.4 is 0 Å². The van der Waals surface area contributed by atoms with Gasteiger partial charge in [-0.1, -0.05) is 18.2 Å². The van der Waals surface area contributed by atoms with Crippen molar-refractivity contribution < 1.29 is 9.59 Å². The van der Waals surface area contributed by atoms with Gasteiger partial charge in [-0.05, 0) is 87.0 Å². The van der Waals surface area contributed by atoms with E-state index in [-0.39, 0.29) is 16.9 Å². The molecular weight excluding hydrogens is 424 g/mol. The Morgan fingerprint density at radius 1 is 1.03 bits per heavy atom. The fraction of sp³-hybridized carbons (Fsp3) is 0.429. The highest BCUT2D eigenvalue weighted by molar-refractivity contribution is 6.19. The standard InChI is InChI=1S/C28H28N4O2/c1-17-23(26(33)31(2)27(34)24(17)15-29)11-21-16-32(22-6-4-3-5-7-22)30-25(21)28-12-18-8-19(13-28)10-20(9-18)14-28/h3-7,11,16,18-20H,8-10,12-14H2,1-2H3/b23-11+. The zero-order valence-electron chi connectivity index (χ0n) is 19.6. The summed E-state index contributed by atoms with van der Waals surface area (Å²) in [6.07, 6.45) is 11.4. The minimum absolute atomic E-state index is 0.0279. The van der Waals surface area contributed by atoms with Gasteiger partial charge in [0.15, 0.2) is 0 Å². The first-order valence-corrected chi connectivity index (χ1v) is 12.2. The molecule has 0 radical (unpaired) electrons. The molecule has 5 aliphatic rings. The first-order chi connectivity index (χ1) is 16.4. The molecule has 4 aliphatic carbocycles. The SMILES string of the molecule is CC1=C(C#N)C(=O)N(C)C(=O)/C1=C/c1cn(-c2ccccc2)nc1C12CC3CC(CC(C3)C1)C2. The average Bonchev–Trinajstić information content (AvgIpc) is 3.26. The topological polar surface area (TPSA) is 79.0 Å². The Labute approximate surface area is 199 Å². The van der Waals surface area contributed by atoms with Crippen LogP contribution in [0.2, 0.25) is 0 Å². The summed E-state index contributed by atoms with van der Waals surface area (Å²) < 4.78 is 1.92. The van der Waals surface area contributed by atoms with Gasteiger partial charge >= 0.3 is 0 Å². The van der Waals surface area contributed by atoms with E-state index in [4.69, 9.17) is 5.10 Å². The van der Waals surface area contributed by atoms with Crippen LogP contribution in [0.5, 0.6) is 0 Å². The Morgan fingerprint density at radius 3 is 2.24 bits per heavy atom. The molecule has 2 heterocycles. The van der Waals surface area contributed by atoms with E-state index in [1.807, 2.05) is 53.4 Å². The van der Waals surface area contributed by atoms with Gasteiger partial charge < -0.3 is 0 Å². The summed E-state index contributed by atoms with van der Waals surface area (Å²) in [5.74, 6) is 1.38. The summed E-state index contributed by atoms with van der Waals surface area (Å²) in [5, 5.41) is 14.7. The van der Waals surface area contributed by atoms with E-state index in [0.29, 0.717) is 11.1 Å². The molecule has 4 fully saturated rings. The smallest absolute Gasteiger partial charge is 0.271 e. The van der Waals surface area contributed by atoms with E-state index in [2.05, 4.69) is 0 Å². The number of carbonyl (C=O) groups excluding carboxylic acids is 2. The van der Waals surface area contributed by atoms with Gasteiger partial charge in [-0.2, -0.15) is 10.4 Å². The number of aromatic nitrogens is 2. The van der Waals surface area contributed by atoms with Crippen molar-refractivity contribution in [2.24, 2.45) is 17.8 Å². The van der Waals surface area contributed by atoms with Crippen LogP contribution in [0.1, 0.15) is 56.7 Å². The first kappa shape index (κ1) is 21.1. The van der Waals surface area contributed by atoms with Gasteiger partial charge in [-0.15, -0.1) is 0 Å². The predicted octanol–water partition coefficient (Wildman–Crippen LogP) is 4.56. The lowest BCUT2D eigenvalue weighted by Crippen LogP contribution is -2.49. The normalized spacial score (nSPS) is 31.5. The summed E-state index contributed by atoms with van der Waals surface area (Å²) >= 11 is 0. The largest absolute Gasteiger partial charge is 0.277 e. The Hall–Kier alpha value is -3.46. The number of hydrogen-bond donors (Lipinski definition) is 0. The van der Waals surface area contributed by atoms with Crippen molar-refractivity contribution in [2.45, 2.75) is 50.9 Å². The van der Waals surface area contributed by atoms with Gasteiger partial charge in [0.25, 0.3) is 11.8 Å². The number of para-hydroxylation sites is 1. The molecule has 2 amide bonds. The molecule has 4 saturated carbocycles. The average molecular weight is 453 g/mol. The van der Waals surface area contributed by atoms with E-state index >= 15 is 0 Å². The van der Waals surface area contributed by atoms with Crippen molar-refractivity contribution in [3.63, 3.8) is 0 Å². The van der Waals surface area contributed by atoms with Crippen LogP contribution in [0.15, 0.2) is 53.2 Å². The van der Waals surface area contributed by atoms with Gasteiger partial charge in [-0.25, -0.2) is 4.68 Å². The zero-order valence-corrected chi connectivity index (χ0v) is 19.6. The summed E-state index contributed by atoms with van der Waals surface area (Å²) in [7, 11) is 1.44. The molecule has 7 rings (SSSR count). The molecule has 1 aliphatic heterocycles. The molecule has 2 aromatic rings. The van der Waals surface area contributed by atoms with Crippen molar-refractivity contribution in [1.82, 2.24) is 14.7 Å². The number of carbonyl (C=O) groups is 2. The third kappa shape index (κ3) is 3.10. The number of rotatable bonds is 3. The lowest BCUT2D eigenvalue weighted by atomic mass is 9.48. The minimum Gasteiger partial charge on any atom is -0.277 e. The quantitative estimate of drug-likeness (QED) is 0.505. The van der Waals surface area contributed by atoms with Gasteiger partial charge in [0.1, 0.15) is 11.6 Å². The molecule has 0 saturated heterocycles. The molecular formula is C28H28N4O2. The number of hydrogen-bond acceptors (Lipinski definition) is 4. The Kier molecular flexibility index (Phi) is 4.67. The maximum absolute atomic E-state index is 13.1. The first-order valence-electron chi connectivity index (χ1n) is 12.2. The van der Waals surface area contributed by atoms with Crippen LogP contribution in [0.3, 0.4) is 0 Å². The number of benzene rings is 1. The van der Waals surface area contributed by atoms with Gasteiger partial charge in [0.2, 0.25) is 0 Å². The molecule has 172 valence electrons. The molecule has 0 N–H and O–H groups in total. The van der Waals surface area contributed by atoms with Gasteiger partial charge in [0, 0.05) is 29.8 Å². The second kappa shape index (κ2) is 7.53. The fourth-order valence-corrected chi connectivity index (χ4v) is 7.37. The predicted molar refractivity (Wildman–Crippen MR) is 127 cm³/mol. The Morgan fingerprint density at radius 2 is 1.65 bits per heavy atom. The van der Waals surface area contributed by atoms with E-state index in [1.165, 1.54) is 26.3 Å². The fourth-order valence-electron chi connectivity index (χ4n) is 7.37. The van der Waals surface area contributed by atoms with E-state index in [1.54, 1.807) is 6.92 Å². The molecule has 4 bridgehead atoms. The number of nitriles is 1. The Bertz CT molecular complexity index is 1270. The van der Waals surface area contributed by atoms with Crippen LogP contribution in [0.4, 0.5) is 0 Å². The molecule has 6 heteroatoms. The molecule has 6 nitrogen and oxygen atoms in total. The van der Waals surface area contributed by atoms with Gasteiger partial charge in [-0.3, -0.25) is 14.5 Å². The maximum atomic E-state index is 13.1. The number of likely N-dealkylation sites (N-methyl/N-ethyl adjacent to an activating group) is 1. The van der Waals surface area contributed by atoms with E-state index in [0.717, 1.165) is 58.9 Å². The van der Waals surface area contributed by atoms with Crippen molar-refractivity contribution in [3.8, 4) is 11.8 Å². The van der Waals surface area contributed by atoms with Gasteiger partial charge in [0.05, 0.1) is 11.4 Å². The summed E-state index contributed by atoms with van der Waals surface area (Å²) in [6.45, 7) is 1.69. The molecule has 0 unspecified atom stereocenters. The highest BCUT2D eigenvalue weighted by Crippen LogP contribution is 2.61. The third-order valence-electron chi connectivity index (χ3n) is 8.55. The van der Waals surface area contributed by atoms with Crippen molar-refractivity contribution in [2.75, 3.05) is 7.05 Å². The zero-order chi connectivity index (χ0) is 23.6. The second-order valence-electron chi connectivity index (χ2n) is 10.8. The monoisotopic (exact) mass is 452 g/mol. The highest BCUT2D eigenvalue weighted by Gasteiger charge is 2.53. The molecule has 0 spiro atoms. The molecule has 1 aromatic carbocycles. The van der Waals surface area contributed by atoms with Crippen LogP contribution >= 0.6 is 0 Å². The van der Waals surface area contributed by atoms with Crippen molar-refractivity contribution >= 4 is 17.9 Å². The van der Waals surface area contributed by atoms with Crippen molar-refractivity contribution in [1.29, 1.82) is 5.26 Å². The summed E-state index contributed by atoms with van der Waals surface area (Å²) in [6, 6.07) is 12.0. The van der Waals surface area contributed by atoms with Crippen LogP contribution in [0, 0.1) is 29.1 Å². The van der Waals surface area contributed by atoms with Crippen LogP contribution in [-0.2, 0) is 15.0 Å².